The van der Waals surface area contributed by atoms with Gasteiger partial charge in [0.15, 0.2) is 0 Å². The van der Waals surface area contributed by atoms with E-state index in [1.165, 1.54) is 12.1 Å². The fourth-order valence-corrected chi connectivity index (χ4v) is 5.90. The van der Waals surface area contributed by atoms with Crippen molar-refractivity contribution in [3.05, 3.63) is 70.0 Å². The highest BCUT2D eigenvalue weighted by Gasteiger charge is 2.30. The molecule has 2 saturated heterocycles. The molecular weight excluding hydrogens is 561 g/mol. The summed E-state index contributed by atoms with van der Waals surface area (Å²) in [6, 6.07) is 7.47. The molecule has 2 aliphatic heterocycles. The van der Waals surface area contributed by atoms with Gasteiger partial charge in [0.05, 0.1) is 29.1 Å². The van der Waals surface area contributed by atoms with Gasteiger partial charge in [-0.25, -0.2) is 18.2 Å². The van der Waals surface area contributed by atoms with Crippen molar-refractivity contribution in [3.8, 4) is 11.1 Å². The number of alkyl halides is 2. The number of hydrogen-bond acceptors (Lipinski definition) is 7. The lowest BCUT2D eigenvalue weighted by molar-refractivity contribution is -0.00546. The lowest BCUT2D eigenvalue weighted by Crippen LogP contribution is -2.55. The first-order chi connectivity index (χ1) is 20.4. The van der Waals surface area contributed by atoms with Gasteiger partial charge in [-0.05, 0) is 59.0 Å². The van der Waals surface area contributed by atoms with E-state index in [4.69, 9.17) is 4.74 Å². The lowest BCUT2D eigenvalue weighted by Gasteiger charge is -2.44. The first-order valence-corrected chi connectivity index (χ1v) is 14.4. The summed E-state index contributed by atoms with van der Waals surface area (Å²) in [5.41, 5.74) is -0.399. The van der Waals surface area contributed by atoms with Crippen LogP contribution < -0.4 is 20.7 Å². The number of rotatable bonds is 6. The molecule has 9 nitrogen and oxygen atoms in total. The SMILES string of the molecule is CC1CN(c2ccc(-c3cc(NC(=O)c4c[nH]c(=O)cc4C(F)F)c(N4CC(C)N(C)C(C)C4)cc3F)cn2)CC(C)O1. The number of aromatic nitrogens is 2. The maximum absolute atomic E-state index is 15.8. The van der Waals surface area contributed by atoms with Crippen molar-refractivity contribution in [2.75, 3.05) is 48.3 Å². The standard InChI is InChI=1S/C31H37F3N6O3/c1-17-13-39(14-18(2)38(17)5)27-10-25(32)22(21-6-7-28(35-11-21)40-15-19(3)43-20(4)16-40)8-26(27)37-31(42)24-12-36-29(41)9-23(24)30(33)34/h6-12,17-20,30H,13-16H2,1-5H3,(H,36,41)(H,37,42). The van der Waals surface area contributed by atoms with Gasteiger partial charge in [-0.3, -0.25) is 14.5 Å². The molecule has 2 aliphatic rings. The molecule has 5 rings (SSSR count). The monoisotopic (exact) mass is 598 g/mol. The summed E-state index contributed by atoms with van der Waals surface area (Å²) in [6.07, 6.45) is -0.378. The molecule has 2 fully saturated rings. The van der Waals surface area contributed by atoms with Crippen LogP contribution in [0.25, 0.3) is 11.1 Å². The Labute approximate surface area is 248 Å². The predicted octanol–water partition coefficient (Wildman–Crippen LogP) is 4.91. The number of H-pyrrole nitrogens is 1. The fourth-order valence-electron chi connectivity index (χ4n) is 5.90. The number of likely N-dealkylation sites (N-methyl/N-ethyl adjacent to an activating group) is 1. The minimum Gasteiger partial charge on any atom is -0.372 e. The van der Waals surface area contributed by atoms with E-state index in [0.717, 1.165) is 12.0 Å². The van der Waals surface area contributed by atoms with Crippen LogP contribution in [0.2, 0.25) is 0 Å². The Morgan fingerprint density at radius 2 is 1.70 bits per heavy atom. The maximum Gasteiger partial charge on any atom is 0.264 e. The zero-order valence-corrected chi connectivity index (χ0v) is 24.9. The van der Waals surface area contributed by atoms with Crippen molar-refractivity contribution in [1.82, 2.24) is 14.9 Å². The van der Waals surface area contributed by atoms with E-state index >= 15 is 4.39 Å². The quantitative estimate of drug-likeness (QED) is 0.417. The zero-order chi connectivity index (χ0) is 31.0. The molecule has 3 aromatic rings. The minimum absolute atomic E-state index is 0.0504. The first kappa shape index (κ1) is 30.6. The van der Waals surface area contributed by atoms with E-state index in [9.17, 15) is 18.4 Å². The number of halogens is 3. The molecule has 4 heterocycles. The van der Waals surface area contributed by atoms with Crippen LogP contribution in [-0.4, -0.2) is 78.3 Å². The number of carbonyl (C=O) groups excluding carboxylic acids is 1. The summed E-state index contributed by atoms with van der Waals surface area (Å²) in [4.78, 5) is 38.3. The molecule has 0 aliphatic carbocycles. The summed E-state index contributed by atoms with van der Waals surface area (Å²) in [5, 5.41) is 2.73. The molecule has 0 bridgehead atoms. The Kier molecular flexibility index (Phi) is 8.79. The number of pyridine rings is 2. The smallest absolute Gasteiger partial charge is 0.264 e. The molecule has 12 heteroatoms. The molecule has 0 spiro atoms. The Morgan fingerprint density at radius 3 is 2.30 bits per heavy atom. The number of amides is 1. The molecule has 2 N–H and O–H groups in total. The Morgan fingerprint density at radius 1 is 1.02 bits per heavy atom. The van der Waals surface area contributed by atoms with Crippen molar-refractivity contribution in [1.29, 1.82) is 0 Å². The largest absolute Gasteiger partial charge is 0.372 e. The molecule has 2 aromatic heterocycles. The van der Waals surface area contributed by atoms with Crippen molar-refractivity contribution in [3.63, 3.8) is 0 Å². The fraction of sp³-hybridized carbons (Fsp3) is 0.452. The molecule has 43 heavy (non-hydrogen) atoms. The number of benzene rings is 1. The molecule has 0 saturated carbocycles. The van der Waals surface area contributed by atoms with E-state index in [2.05, 4.69) is 38.9 Å². The number of hydrogen-bond donors (Lipinski definition) is 2. The van der Waals surface area contributed by atoms with Gasteiger partial charge in [0.2, 0.25) is 5.56 Å². The highest BCUT2D eigenvalue weighted by atomic mass is 19.3. The average molecular weight is 599 g/mol. The number of anilines is 3. The number of aromatic amines is 1. The van der Waals surface area contributed by atoms with Crippen molar-refractivity contribution >= 4 is 23.1 Å². The normalized spacial score (nSPS) is 23.1. The maximum atomic E-state index is 15.8. The van der Waals surface area contributed by atoms with Crippen LogP contribution in [0.1, 0.15) is 50.0 Å². The lowest BCUT2D eigenvalue weighted by atomic mass is 10.0. The van der Waals surface area contributed by atoms with Crippen molar-refractivity contribution in [2.45, 2.75) is 58.4 Å². The van der Waals surface area contributed by atoms with Crippen molar-refractivity contribution in [2.24, 2.45) is 0 Å². The van der Waals surface area contributed by atoms with Gasteiger partial charge in [0, 0.05) is 73.4 Å². The number of nitrogens with zero attached hydrogens (tertiary/aromatic N) is 4. The highest BCUT2D eigenvalue weighted by molar-refractivity contribution is 6.07. The second-order valence-electron chi connectivity index (χ2n) is 11.6. The van der Waals surface area contributed by atoms with E-state index in [1.807, 2.05) is 31.9 Å². The molecule has 1 aromatic carbocycles. The number of piperazine rings is 1. The average Bonchev–Trinajstić information content (AvgIpc) is 2.95. The minimum atomic E-state index is -3.03. The van der Waals surface area contributed by atoms with Gasteiger partial charge >= 0.3 is 0 Å². The molecule has 0 radical (unpaired) electrons. The van der Waals surface area contributed by atoms with E-state index in [0.29, 0.717) is 43.5 Å². The van der Waals surface area contributed by atoms with Crippen LogP contribution in [0.4, 0.5) is 30.4 Å². The zero-order valence-electron chi connectivity index (χ0n) is 24.9. The van der Waals surface area contributed by atoms with Crippen LogP contribution in [0.15, 0.2) is 47.5 Å². The summed E-state index contributed by atoms with van der Waals surface area (Å²) >= 11 is 0. The molecule has 4 atom stereocenters. The highest BCUT2D eigenvalue weighted by Crippen LogP contribution is 2.37. The molecular formula is C31H37F3N6O3. The Hall–Kier alpha value is -3.90. The van der Waals surface area contributed by atoms with Gasteiger partial charge in [-0.15, -0.1) is 0 Å². The predicted molar refractivity (Wildman–Crippen MR) is 161 cm³/mol. The van der Waals surface area contributed by atoms with Gasteiger partial charge in [0.25, 0.3) is 12.3 Å². The number of morpholine rings is 1. The van der Waals surface area contributed by atoms with E-state index in [-0.39, 0.29) is 41.1 Å². The number of nitrogens with one attached hydrogen (secondary N) is 2. The summed E-state index contributed by atoms with van der Waals surface area (Å²) in [7, 11) is 2.02. The third kappa shape index (κ3) is 6.54. The molecule has 4 unspecified atom stereocenters. The Bertz CT molecular complexity index is 1510. The van der Waals surface area contributed by atoms with Crippen LogP contribution in [0.5, 0.6) is 0 Å². The van der Waals surface area contributed by atoms with Crippen molar-refractivity contribution < 1.29 is 22.7 Å². The number of ether oxygens (including phenoxy) is 1. The molecule has 1 amide bonds. The van der Waals surface area contributed by atoms with E-state index in [1.54, 1.807) is 12.3 Å². The second-order valence-corrected chi connectivity index (χ2v) is 11.6. The van der Waals surface area contributed by atoms with Crippen LogP contribution >= 0.6 is 0 Å². The number of carbonyl (C=O) groups is 1. The Balaban J connectivity index is 1.52. The van der Waals surface area contributed by atoms with Gasteiger partial charge in [0.1, 0.15) is 11.6 Å². The van der Waals surface area contributed by atoms with E-state index < -0.39 is 29.3 Å². The third-order valence-electron chi connectivity index (χ3n) is 8.27. The first-order valence-electron chi connectivity index (χ1n) is 14.4. The molecule has 230 valence electrons. The van der Waals surface area contributed by atoms with Crippen LogP contribution in [-0.2, 0) is 4.74 Å². The van der Waals surface area contributed by atoms with Crippen LogP contribution in [0.3, 0.4) is 0 Å². The third-order valence-corrected chi connectivity index (χ3v) is 8.27. The summed E-state index contributed by atoms with van der Waals surface area (Å²) in [5.74, 6) is -0.605. The van der Waals surface area contributed by atoms with Gasteiger partial charge in [-0.1, -0.05) is 0 Å². The summed E-state index contributed by atoms with van der Waals surface area (Å²) in [6.45, 7) is 10.6. The van der Waals surface area contributed by atoms with Gasteiger partial charge in [-0.2, -0.15) is 0 Å². The summed E-state index contributed by atoms with van der Waals surface area (Å²) < 4.78 is 49.1. The topological polar surface area (TPSA) is 93.8 Å². The second kappa shape index (κ2) is 12.4. The van der Waals surface area contributed by atoms with Crippen LogP contribution in [0, 0.1) is 5.82 Å². The van der Waals surface area contributed by atoms with Gasteiger partial charge < -0.3 is 24.8 Å².